The Morgan fingerprint density at radius 2 is 2.20 bits per heavy atom. The van der Waals surface area contributed by atoms with E-state index in [0.717, 1.165) is 39.2 Å². The Balaban J connectivity index is 2.00. The minimum Gasteiger partial charge on any atom is -0.377 e. The summed E-state index contributed by atoms with van der Waals surface area (Å²) in [7, 11) is 3.99. The quantitative estimate of drug-likeness (QED) is 0.593. The summed E-state index contributed by atoms with van der Waals surface area (Å²) >= 11 is 4.97. The Hall–Kier alpha value is -1.99. The first kappa shape index (κ1) is 16.5. The number of anilines is 1. The molecule has 0 saturated carbocycles. The number of fused-ring (bicyclic) bond motifs is 3. The summed E-state index contributed by atoms with van der Waals surface area (Å²) in [6, 6.07) is 2.03. The van der Waals surface area contributed by atoms with Crippen molar-refractivity contribution in [2.45, 2.75) is 18.2 Å². The molecule has 5 nitrogen and oxygen atoms in total. The van der Waals surface area contributed by atoms with E-state index in [1.54, 1.807) is 10.9 Å². The van der Waals surface area contributed by atoms with Crippen LogP contribution in [0.5, 0.6) is 0 Å². The monoisotopic (exact) mass is 416 g/mol. The molecule has 0 radical (unpaired) electrons. The van der Waals surface area contributed by atoms with Crippen LogP contribution in [-0.2, 0) is 0 Å². The van der Waals surface area contributed by atoms with Crippen molar-refractivity contribution in [2.75, 3.05) is 19.0 Å². The molecule has 128 valence electrons. The Bertz CT molecular complexity index is 1110. The first-order chi connectivity index (χ1) is 12.0. The molecule has 0 saturated heterocycles. The predicted octanol–water partition coefficient (Wildman–Crippen LogP) is 3.94. The highest BCUT2D eigenvalue weighted by Crippen LogP contribution is 2.36. The third-order valence-electron chi connectivity index (χ3n) is 4.25. The number of aromatic nitrogens is 3. The van der Waals surface area contributed by atoms with Gasteiger partial charge in [0.15, 0.2) is 0 Å². The molecule has 3 aromatic rings. The predicted molar refractivity (Wildman–Crippen MR) is 109 cm³/mol. The second kappa shape index (κ2) is 6.07. The molecule has 0 aromatic carbocycles. The van der Waals surface area contributed by atoms with E-state index in [2.05, 4.69) is 32.0 Å². The van der Waals surface area contributed by atoms with Crippen LogP contribution < -0.4 is 10.5 Å². The molecule has 25 heavy (non-hydrogen) atoms. The van der Waals surface area contributed by atoms with Gasteiger partial charge in [0.1, 0.15) is 21.4 Å². The number of rotatable bonds is 2. The van der Waals surface area contributed by atoms with Crippen LogP contribution in [0.2, 0.25) is 0 Å². The molecule has 0 amide bonds. The number of thiophene rings is 1. The largest absolute Gasteiger partial charge is 0.377 e. The van der Waals surface area contributed by atoms with Crippen molar-refractivity contribution < 1.29 is 0 Å². The average molecular weight is 417 g/mol. The van der Waals surface area contributed by atoms with Gasteiger partial charge in [0.05, 0.1) is 11.1 Å². The van der Waals surface area contributed by atoms with Gasteiger partial charge < -0.3 is 4.90 Å². The maximum Gasteiger partial charge on any atom is 0.275 e. The zero-order valence-corrected chi connectivity index (χ0v) is 16.6. The van der Waals surface area contributed by atoms with Crippen molar-refractivity contribution in [3.8, 4) is 0 Å². The number of allylic oxidation sites excluding steroid dienone is 4. The number of hydrogen-bond donors (Lipinski definition) is 0. The summed E-state index contributed by atoms with van der Waals surface area (Å²) in [5.74, 6) is 0. The summed E-state index contributed by atoms with van der Waals surface area (Å²) in [5.41, 5.74) is 3.53. The van der Waals surface area contributed by atoms with Crippen LogP contribution in [0.4, 0.5) is 5.69 Å². The first-order valence-corrected chi connectivity index (χ1v) is 9.70. The molecule has 3 aromatic heterocycles. The van der Waals surface area contributed by atoms with Crippen LogP contribution in [0.15, 0.2) is 35.4 Å². The molecule has 3 heterocycles. The Kier molecular flexibility index (Phi) is 4.00. The van der Waals surface area contributed by atoms with Crippen LogP contribution in [0.1, 0.15) is 12.1 Å². The van der Waals surface area contributed by atoms with E-state index in [1.807, 2.05) is 44.1 Å². The van der Waals surface area contributed by atoms with Crippen molar-refractivity contribution in [2.24, 2.45) is 0 Å². The molecule has 0 spiro atoms. The van der Waals surface area contributed by atoms with E-state index in [-0.39, 0.29) is 5.56 Å². The summed E-state index contributed by atoms with van der Waals surface area (Å²) in [6.07, 6.45) is 8.54. The van der Waals surface area contributed by atoms with Crippen molar-refractivity contribution in [1.82, 2.24) is 14.5 Å². The van der Waals surface area contributed by atoms with Crippen LogP contribution in [0.3, 0.4) is 0 Å². The summed E-state index contributed by atoms with van der Waals surface area (Å²) in [5, 5.41) is 0.952. The van der Waals surface area contributed by atoms with Gasteiger partial charge in [-0.1, -0.05) is 28.1 Å². The highest BCUT2D eigenvalue weighted by Gasteiger charge is 2.18. The minimum absolute atomic E-state index is 0.0423. The van der Waals surface area contributed by atoms with E-state index in [1.165, 1.54) is 11.3 Å². The Morgan fingerprint density at radius 1 is 1.40 bits per heavy atom. The van der Waals surface area contributed by atoms with Gasteiger partial charge in [-0.05, 0) is 25.5 Å². The third kappa shape index (κ3) is 2.71. The molecular weight excluding hydrogens is 400 g/mol. The molecular formula is C18H17BrN4OS. The first-order valence-electron chi connectivity index (χ1n) is 7.97. The van der Waals surface area contributed by atoms with E-state index < -0.39 is 0 Å². The summed E-state index contributed by atoms with van der Waals surface area (Å²) in [6.45, 7) is 1.97. The minimum atomic E-state index is -0.0423. The number of alkyl halides is 1. The van der Waals surface area contributed by atoms with E-state index in [4.69, 9.17) is 0 Å². The van der Waals surface area contributed by atoms with Crippen molar-refractivity contribution >= 4 is 59.1 Å². The summed E-state index contributed by atoms with van der Waals surface area (Å²) in [4.78, 5) is 25.5. The molecule has 0 bridgehead atoms. The number of aryl methyl sites for hydroxylation is 1. The maximum absolute atomic E-state index is 13.1. The van der Waals surface area contributed by atoms with Gasteiger partial charge in [0.25, 0.3) is 5.56 Å². The van der Waals surface area contributed by atoms with Crippen molar-refractivity contribution in [3.63, 3.8) is 0 Å². The van der Waals surface area contributed by atoms with Crippen LogP contribution in [0.25, 0.3) is 26.1 Å². The molecule has 7 heteroatoms. The highest BCUT2D eigenvalue weighted by atomic mass is 79.9. The molecule has 4 rings (SSSR count). The van der Waals surface area contributed by atoms with Crippen molar-refractivity contribution in [1.29, 1.82) is 0 Å². The molecule has 1 aliphatic carbocycles. The average Bonchev–Trinajstić information content (AvgIpc) is 2.94. The van der Waals surface area contributed by atoms with Gasteiger partial charge in [-0.3, -0.25) is 9.36 Å². The van der Waals surface area contributed by atoms with Gasteiger partial charge in [-0.2, -0.15) is 0 Å². The number of nitrogens with zero attached hydrogens (tertiary/aromatic N) is 4. The van der Waals surface area contributed by atoms with E-state index in [9.17, 15) is 4.79 Å². The van der Waals surface area contributed by atoms with Gasteiger partial charge >= 0.3 is 0 Å². The number of pyridine rings is 1. The maximum atomic E-state index is 13.1. The smallest absolute Gasteiger partial charge is 0.275 e. The fourth-order valence-corrected chi connectivity index (χ4v) is 4.49. The molecule has 1 unspecified atom stereocenters. The molecule has 1 aliphatic rings. The Labute approximate surface area is 157 Å². The molecule has 1 atom stereocenters. The topological polar surface area (TPSA) is 51.0 Å². The second-order valence-electron chi connectivity index (χ2n) is 6.30. The van der Waals surface area contributed by atoms with Gasteiger partial charge in [0, 0.05) is 30.3 Å². The fourth-order valence-electron chi connectivity index (χ4n) is 3.03. The normalized spacial score (nSPS) is 17.3. The zero-order chi connectivity index (χ0) is 17.7. The SMILES string of the molecule is Cc1cc(N(C)C)c2c(n1)sc1c(=O)n(C3=CCC(Br)C=C3)cnc12. The van der Waals surface area contributed by atoms with Crippen molar-refractivity contribution in [3.05, 3.63) is 46.7 Å². The second-order valence-corrected chi connectivity index (χ2v) is 8.47. The molecule has 0 fully saturated rings. The lowest BCUT2D eigenvalue weighted by atomic mass is 10.1. The number of halogens is 1. The van der Waals surface area contributed by atoms with Crippen LogP contribution >= 0.6 is 27.3 Å². The van der Waals surface area contributed by atoms with Crippen LogP contribution in [0, 0.1) is 6.92 Å². The summed E-state index contributed by atoms with van der Waals surface area (Å²) < 4.78 is 2.27. The number of hydrogen-bond acceptors (Lipinski definition) is 5. The Morgan fingerprint density at radius 3 is 2.88 bits per heavy atom. The van der Waals surface area contributed by atoms with E-state index >= 15 is 0 Å². The van der Waals surface area contributed by atoms with Gasteiger partial charge in [-0.15, -0.1) is 11.3 Å². The van der Waals surface area contributed by atoms with Gasteiger partial charge in [-0.25, -0.2) is 9.97 Å². The standard InChI is InChI=1S/C18H17BrN4OS/c1-10-8-13(22(2)3)14-15-16(25-17(14)21-10)18(24)23(9-20-15)12-6-4-11(19)5-7-12/h4,6-9,11H,5H2,1-3H3. The fraction of sp³-hybridized carbons (Fsp3) is 0.278. The molecule has 0 N–H and O–H groups in total. The van der Waals surface area contributed by atoms with Crippen LogP contribution in [-0.4, -0.2) is 33.5 Å². The third-order valence-corrected chi connectivity index (χ3v) is 5.99. The van der Waals surface area contributed by atoms with Gasteiger partial charge in [0.2, 0.25) is 0 Å². The zero-order valence-electron chi connectivity index (χ0n) is 14.2. The molecule has 0 aliphatic heterocycles. The lowest BCUT2D eigenvalue weighted by Crippen LogP contribution is -2.19. The highest BCUT2D eigenvalue weighted by molar-refractivity contribution is 9.09. The van der Waals surface area contributed by atoms with E-state index in [0.29, 0.717) is 9.53 Å². The lowest BCUT2D eigenvalue weighted by molar-refractivity contribution is 0.967. The lowest BCUT2D eigenvalue weighted by Gasteiger charge is -2.14.